The van der Waals surface area contributed by atoms with Crippen molar-refractivity contribution in [1.82, 2.24) is 10.2 Å². The topological polar surface area (TPSA) is 86.8 Å². The number of nitrogens with zero attached hydrogens (tertiary/aromatic N) is 2. The maximum absolute atomic E-state index is 13.5. The molecule has 1 N–H and O–H groups in total. The number of carbonyl (C=O) groups is 2. The molecule has 0 heterocycles. The molecule has 186 valence electrons. The van der Waals surface area contributed by atoms with Gasteiger partial charge in [-0.15, -0.1) is 0 Å². The number of sulfonamides is 1. The van der Waals surface area contributed by atoms with Gasteiger partial charge in [-0.05, 0) is 68.1 Å². The van der Waals surface area contributed by atoms with Gasteiger partial charge in [-0.25, -0.2) is 12.8 Å². The first kappa shape index (κ1) is 27.3. The number of anilines is 1. The second-order valence-corrected chi connectivity index (χ2v) is 10.5. The molecule has 0 saturated carbocycles. The fourth-order valence-corrected chi connectivity index (χ4v) is 4.45. The van der Waals surface area contributed by atoms with Gasteiger partial charge in [-0.3, -0.25) is 13.9 Å². The lowest BCUT2D eigenvalue weighted by Gasteiger charge is -2.31. The fourth-order valence-electron chi connectivity index (χ4n) is 3.61. The zero-order chi connectivity index (χ0) is 25.5. The Kier molecular flexibility index (Phi) is 9.61. The molecule has 0 aliphatic carbocycles. The molecule has 0 fully saturated rings. The molecule has 2 rings (SSSR count). The normalized spacial score (nSPS) is 12.2. The number of carbonyl (C=O) groups excluding carboxylic acids is 2. The van der Waals surface area contributed by atoms with Gasteiger partial charge in [0.05, 0.1) is 11.9 Å². The summed E-state index contributed by atoms with van der Waals surface area (Å²) in [5, 5.41) is 2.82. The Bertz CT molecular complexity index is 1080. The third kappa shape index (κ3) is 7.83. The molecule has 7 nitrogen and oxygen atoms in total. The highest BCUT2D eigenvalue weighted by molar-refractivity contribution is 7.92. The van der Waals surface area contributed by atoms with Crippen LogP contribution in [0.4, 0.5) is 10.1 Å². The molecule has 0 radical (unpaired) electrons. The third-order valence-corrected chi connectivity index (χ3v) is 6.58. The maximum Gasteiger partial charge on any atom is 0.244 e. The number of rotatable bonds is 11. The second kappa shape index (κ2) is 12.0. The number of unbranched alkanes of at least 4 members (excludes halogenated alkanes) is 1. The molecular weight excluding hydrogens is 457 g/mol. The number of hydrogen-bond acceptors (Lipinski definition) is 4. The van der Waals surface area contributed by atoms with Crippen LogP contribution in [0.5, 0.6) is 0 Å². The van der Waals surface area contributed by atoms with E-state index in [-0.39, 0.29) is 12.5 Å². The van der Waals surface area contributed by atoms with Crippen LogP contribution >= 0.6 is 0 Å². The zero-order valence-corrected chi connectivity index (χ0v) is 21.3. The Morgan fingerprint density at radius 1 is 1.06 bits per heavy atom. The zero-order valence-electron chi connectivity index (χ0n) is 20.5. The summed E-state index contributed by atoms with van der Waals surface area (Å²) in [5.74, 6) is -1.28. The van der Waals surface area contributed by atoms with Crippen LogP contribution in [0.15, 0.2) is 42.5 Å². The van der Waals surface area contributed by atoms with E-state index in [0.717, 1.165) is 34.5 Å². The number of halogens is 1. The number of nitrogens with one attached hydrogen (secondary N) is 1. The summed E-state index contributed by atoms with van der Waals surface area (Å²) in [5.41, 5.74) is 2.74. The summed E-state index contributed by atoms with van der Waals surface area (Å²) in [4.78, 5) is 27.5. The average molecular weight is 492 g/mol. The Hall–Kier alpha value is -2.94. The van der Waals surface area contributed by atoms with Crippen LogP contribution < -0.4 is 9.62 Å². The summed E-state index contributed by atoms with van der Waals surface area (Å²) in [6.07, 6.45) is 2.76. The van der Waals surface area contributed by atoms with E-state index in [1.165, 1.54) is 29.2 Å². The van der Waals surface area contributed by atoms with Gasteiger partial charge in [0.2, 0.25) is 21.8 Å². The molecule has 1 unspecified atom stereocenters. The molecule has 0 aromatic heterocycles. The van der Waals surface area contributed by atoms with Crippen LogP contribution in [-0.2, 0) is 26.2 Å². The molecule has 9 heteroatoms. The minimum Gasteiger partial charge on any atom is -0.354 e. The fraction of sp³-hybridized carbons (Fsp3) is 0.440. The summed E-state index contributed by atoms with van der Waals surface area (Å²) in [6, 6.07) is 10.1. The smallest absolute Gasteiger partial charge is 0.244 e. The lowest BCUT2D eigenvalue weighted by molar-refractivity contribution is -0.139. The molecule has 0 aliphatic heterocycles. The SMILES string of the molecule is CCCCNC(=O)C(C)N(Cc1ccc(F)cc1)C(=O)CN(c1cc(C)cc(C)c1)S(C)(=O)=O. The van der Waals surface area contributed by atoms with E-state index in [9.17, 15) is 22.4 Å². The van der Waals surface area contributed by atoms with Crippen molar-refractivity contribution in [3.05, 3.63) is 65.0 Å². The van der Waals surface area contributed by atoms with Gasteiger partial charge < -0.3 is 10.2 Å². The molecule has 2 aromatic rings. The molecule has 34 heavy (non-hydrogen) atoms. The van der Waals surface area contributed by atoms with Crippen LogP contribution in [0.3, 0.4) is 0 Å². The van der Waals surface area contributed by atoms with Gasteiger partial charge in [0.15, 0.2) is 0 Å². The number of aryl methyl sites for hydroxylation is 2. The summed E-state index contributed by atoms with van der Waals surface area (Å²) >= 11 is 0. The Morgan fingerprint density at radius 3 is 2.18 bits per heavy atom. The number of hydrogen-bond donors (Lipinski definition) is 1. The highest BCUT2D eigenvalue weighted by atomic mass is 32.2. The van der Waals surface area contributed by atoms with Gasteiger partial charge in [0, 0.05) is 13.1 Å². The quantitative estimate of drug-likeness (QED) is 0.487. The molecular formula is C25H34FN3O4S. The minimum absolute atomic E-state index is 0.0337. The summed E-state index contributed by atoms with van der Waals surface area (Å²) in [6.45, 7) is 7.36. The van der Waals surface area contributed by atoms with E-state index in [4.69, 9.17) is 0 Å². The second-order valence-electron chi connectivity index (χ2n) is 8.58. The molecule has 1 atom stereocenters. The number of amides is 2. The van der Waals surface area contributed by atoms with Gasteiger partial charge in [0.25, 0.3) is 0 Å². The first-order chi connectivity index (χ1) is 15.9. The van der Waals surface area contributed by atoms with Gasteiger partial charge in [-0.1, -0.05) is 31.5 Å². The number of benzene rings is 2. The van der Waals surface area contributed by atoms with E-state index in [1.54, 1.807) is 19.1 Å². The predicted octanol–water partition coefficient (Wildman–Crippen LogP) is 3.54. The Labute approximate surface area is 202 Å². The van der Waals surface area contributed by atoms with E-state index in [1.807, 2.05) is 26.8 Å². The monoisotopic (exact) mass is 491 g/mol. The van der Waals surface area contributed by atoms with E-state index in [2.05, 4.69) is 5.32 Å². The van der Waals surface area contributed by atoms with Crippen LogP contribution in [0.2, 0.25) is 0 Å². The maximum atomic E-state index is 13.5. The lowest BCUT2D eigenvalue weighted by atomic mass is 10.1. The van der Waals surface area contributed by atoms with Crippen LogP contribution in [-0.4, -0.2) is 50.5 Å². The highest BCUT2D eigenvalue weighted by Crippen LogP contribution is 2.22. The van der Waals surface area contributed by atoms with Crippen molar-refractivity contribution >= 4 is 27.5 Å². The molecule has 0 saturated heterocycles. The summed E-state index contributed by atoms with van der Waals surface area (Å²) < 4.78 is 39.7. The van der Waals surface area contributed by atoms with Gasteiger partial charge >= 0.3 is 0 Å². The third-order valence-electron chi connectivity index (χ3n) is 5.44. The predicted molar refractivity (Wildman–Crippen MR) is 132 cm³/mol. The van der Waals surface area contributed by atoms with Crippen LogP contribution in [0.1, 0.15) is 43.4 Å². The highest BCUT2D eigenvalue weighted by Gasteiger charge is 2.30. The summed E-state index contributed by atoms with van der Waals surface area (Å²) in [7, 11) is -3.79. The minimum atomic E-state index is -3.79. The molecule has 0 bridgehead atoms. The average Bonchev–Trinajstić information content (AvgIpc) is 2.75. The van der Waals surface area contributed by atoms with E-state index in [0.29, 0.717) is 17.8 Å². The molecule has 2 amide bonds. The van der Waals surface area contributed by atoms with Crippen molar-refractivity contribution in [2.24, 2.45) is 0 Å². The molecule has 2 aromatic carbocycles. The first-order valence-corrected chi connectivity index (χ1v) is 13.1. The largest absolute Gasteiger partial charge is 0.354 e. The van der Waals surface area contributed by atoms with Crippen LogP contribution in [0.25, 0.3) is 0 Å². The van der Waals surface area contributed by atoms with E-state index >= 15 is 0 Å². The van der Waals surface area contributed by atoms with Crippen molar-refractivity contribution in [3.63, 3.8) is 0 Å². The Morgan fingerprint density at radius 2 is 1.65 bits per heavy atom. The van der Waals surface area contributed by atoms with Crippen molar-refractivity contribution in [2.45, 2.75) is 53.1 Å². The Balaban J connectivity index is 2.37. The van der Waals surface area contributed by atoms with Crippen molar-refractivity contribution in [3.8, 4) is 0 Å². The van der Waals surface area contributed by atoms with Crippen molar-refractivity contribution in [2.75, 3.05) is 23.7 Å². The van der Waals surface area contributed by atoms with Crippen LogP contribution in [0, 0.1) is 19.7 Å². The molecule has 0 spiro atoms. The lowest BCUT2D eigenvalue weighted by Crippen LogP contribution is -2.51. The van der Waals surface area contributed by atoms with Crippen molar-refractivity contribution in [1.29, 1.82) is 0 Å². The molecule has 0 aliphatic rings. The van der Waals surface area contributed by atoms with Crippen molar-refractivity contribution < 1.29 is 22.4 Å². The van der Waals surface area contributed by atoms with Gasteiger partial charge in [-0.2, -0.15) is 0 Å². The van der Waals surface area contributed by atoms with E-state index < -0.39 is 34.3 Å². The standard InChI is InChI=1S/C25H34FN3O4S/c1-6-7-12-27-25(31)20(4)28(16-21-8-10-22(26)11-9-21)24(30)17-29(34(5,32)33)23-14-18(2)13-19(3)15-23/h8-11,13-15,20H,6-7,12,16-17H2,1-5H3,(H,27,31). The first-order valence-electron chi connectivity index (χ1n) is 11.3. The van der Waals surface area contributed by atoms with Gasteiger partial charge in [0.1, 0.15) is 18.4 Å².